The highest BCUT2D eigenvalue weighted by Crippen LogP contribution is 2.19. The van der Waals surface area contributed by atoms with Crippen molar-refractivity contribution in [2.75, 3.05) is 29.9 Å². The molecule has 0 aliphatic heterocycles. The van der Waals surface area contributed by atoms with Crippen molar-refractivity contribution in [2.45, 2.75) is 40.0 Å². The molecular formula is C22H30N2O2. The van der Waals surface area contributed by atoms with Crippen LogP contribution in [-0.4, -0.2) is 25.6 Å². The highest BCUT2D eigenvalue weighted by atomic mass is 16.5. The summed E-state index contributed by atoms with van der Waals surface area (Å²) >= 11 is 0. The summed E-state index contributed by atoms with van der Waals surface area (Å²) in [4.78, 5) is 14.7. The molecule has 0 atom stereocenters. The monoisotopic (exact) mass is 354 g/mol. The Morgan fingerprint density at radius 3 is 2.15 bits per heavy atom. The molecule has 140 valence electrons. The normalized spacial score (nSPS) is 10.4. The van der Waals surface area contributed by atoms with Crippen LogP contribution in [0, 0.1) is 0 Å². The summed E-state index contributed by atoms with van der Waals surface area (Å²) in [6.45, 7) is 9.10. The molecule has 4 nitrogen and oxygen atoms in total. The molecule has 0 aliphatic carbocycles. The second-order valence-corrected chi connectivity index (χ2v) is 6.25. The molecular weight excluding hydrogens is 324 g/mol. The van der Waals surface area contributed by atoms with Gasteiger partial charge >= 0.3 is 0 Å². The van der Waals surface area contributed by atoms with Crippen molar-refractivity contribution in [3.05, 3.63) is 54.1 Å². The van der Waals surface area contributed by atoms with Crippen molar-refractivity contribution in [3.63, 3.8) is 0 Å². The van der Waals surface area contributed by atoms with Crippen molar-refractivity contribution < 1.29 is 9.53 Å². The molecule has 2 aromatic rings. The molecule has 0 saturated carbocycles. The molecule has 4 heteroatoms. The van der Waals surface area contributed by atoms with Crippen LogP contribution in [0.3, 0.4) is 0 Å². The Labute approximate surface area is 157 Å². The van der Waals surface area contributed by atoms with Crippen molar-refractivity contribution >= 4 is 17.3 Å². The molecule has 0 bridgehead atoms. The molecule has 0 aliphatic rings. The molecule has 2 rings (SSSR count). The Morgan fingerprint density at radius 1 is 0.923 bits per heavy atom. The number of rotatable bonds is 10. The van der Waals surface area contributed by atoms with E-state index in [-0.39, 0.29) is 5.91 Å². The van der Waals surface area contributed by atoms with Gasteiger partial charge in [-0.3, -0.25) is 4.79 Å². The fourth-order valence-electron chi connectivity index (χ4n) is 2.79. The van der Waals surface area contributed by atoms with Crippen molar-refractivity contribution in [1.29, 1.82) is 0 Å². The second-order valence-electron chi connectivity index (χ2n) is 6.25. The number of anilines is 2. The maximum atomic E-state index is 12.4. The molecule has 0 saturated heterocycles. The van der Waals surface area contributed by atoms with Gasteiger partial charge in [-0.25, -0.2) is 0 Å². The molecule has 0 aromatic heterocycles. The molecule has 1 N–H and O–H groups in total. The van der Waals surface area contributed by atoms with E-state index in [1.165, 1.54) is 12.8 Å². The number of benzene rings is 2. The van der Waals surface area contributed by atoms with E-state index in [1.807, 2.05) is 36.4 Å². The van der Waals surface area contributed by atoms with Crippen LogP contribution >= 0.6 is 0 Å². The van der Waals surface area contributed by atoms with E-state index >= 15 is 0 Å². The van der Waals surface area contributed by atoms with Gasteiger partial charge in [-0.2, -0.15) is 0 Å². The minimum atomic E-state index is -0.113. The van der Waals surface area contributed by atoms with Gasteiger partial charge in [0.1, 0.15) is 5.75 Å². The van der Waals surface area contributed by atoms with Crippen LogP contribution in [0.25, 0.3) is 0 Å². The van der Waals surface area contributed by atoms with Gasteiger partial charge in [-0.05, 0) is 68.8 Å². The number of carbonyl (C=O) groups is 1. The largest absolute Gasteiger partial charge is 0.494 e. The summed E-state index contributed by atoms with van der Waals surface area (Å²) in [5.74, 6) is 0.694. The zero-order chi connectivity index (χ0) is 18.8. The average Bonchev–Trinajstić information content (AvgIpc) is 2.68. The zero-order valence-corrected chi connectivity index (χ0v) is 16.1. The maximum Gasteiger partial charge on any atom is 0.255 e. The van der Waals surface area contributed by atoms with E-state index in [0.29, 0.717) is 5.56 Å². The molecule has 0 spiro atoms. The van der Waals surface area contributed by atoms with Crippen molar-refractivity contribution in [3.8, 4) is 5.75 Å². The summed E-state index contributed by atoms with van der Waals surface area (Å²) in [6.07, 6.45) is 3.41. The van der Waals surface area contributed by atoms with Crippen LogP contribution < -0.4 is 15.0 Å². The van der Waals surface area contributed by atoms with E-state index < -0.39 is 0 Å². The first-order valence-corrected chi connectivity index (χ1v) is 9.57. The molecule has 0 heterocycles. The van der Waals surface area contributed by atoms with Crippen LogP contribution in [0.5, 0.6) is 5.75 Å². The number of amides is 1. The van der Waals surface area contributed by atoms with Crippen LogP contribution in [0.1, 0.15) is 50.4 Å². The number of nitrogens with zero attached hydrogens (tertiary/aromatic N) is 1. The standard InChI is InChI=1S/C22H30N2O2/c1-4-7-8-17-26-21-15-9-18(10-16-21)22(25)23-19-11-13-20(14-12-19)24(5-2)6-3/h9-16H,4-8,17H2,1-3H3,(H,23,25). The van der Waals surface area contributed by atoms with Gasteiger partial charge in [0.15, 0.2) is 0 Å². The fraction of sp³-hybridized carbons (Fsp3) is 0.409. The number of carbonyl (C=O) groups excluding carboxylic acids is 1. The number of nitrogens with one attached hydrogen (secondary N) is 1. The highest BCUT2D eigenvalue weighted by molar-refractivity contribution is 6.04. The minimum Gasteiger partial charge on any atom is -0.494 e. The van der Waals surface area contributed by atoms with Crippen LogP contribution in [0.15, 0.2) is 48.5 Å². The Balaban J connectivity index is 1.90. The third-order valence-electron chi connectivity index (χ3n) is 4.39. The van der Waals surface area contributed by atoms with Gasteiger partial charge in [0.05, 0.1) is 6.61 Å². The summed E-state index contributed by atoms with van der Waals surface area (Å²) in [7, 11) is 0. The average molecular weight is 354 g/mol. The summed E-state index contributed by atoms with van der Waals surface area (Å²) in [6, 6.07) is 15.3. The fourth-order valence-corrected chi connectivity index (χ4v) is 2.79. The first-order valence-electron chi connectivity index (χ1n) is 9.57. The first-order chi connectivity index (χ1) is 12.7. The summed E-state index contributed by atoms with van der Waals surface area (Å²) in [5.41, 5.74) is 2.59. The second kappa shape index (κ2) is 10.5. The van der Waals surface area contributed by atoms with Crippen molar-refractivity contribution in [1.82, 2.24) is 0 Å². The Kier molecular flexibility index (Phi) is 8.00. The zero-order valence-electron chi connectivity index (χ0n) is 16.1. The SMILES string of the molecule is CCCCCOc1ccc(C(=O)Nc2ccc(N(CC)CC)cc2)cc1. The lowest BCUT2D eigenvalue weighted by atomic mass is 10.2. The van der Waals surface area contributed by atoms with E-state index in [1.54, 1.807) is 12.1 Å². The molecule has 0 fully saturated rings. The van der Waals surface area contributed by atoms with E-state index in [4.69, 9.17) is 4.74 Å². The molecule has 0 radical (unpaired) electrons. The Hall–Kier alpha value is -2.49. The van der Waals surface area contributed by atoms with Gasteiger partial charge in [-0.1, -0.05) is 19.8 Å². The topological polar surface area (TPSA) is 41.6 Å². The Morgan fingerprint density at radius 2 is 1.58 bits per heavy atom. The maximum absolute atomic E-state index is 12.4. The smallest absolute Gasteiger partial charge is 0.255 e. The Bertz CT molecular complexity index is 662. The quantitative estimate of drug-likeness (QED) is 0.584. The first kappa shape index (κ1) is 19.8. The molecule has 26 heavy (non-hydrogen) atoms. The van der Waals surface area contributed by atoms with E-state index in [0.717, 1.165) is 43.2 Å². The predicted molar refractivity (Wildman–Crippen MR) is 109 cm³/mol. The lowest BCUT2D eigenvalue weighted by molar-refractivity contribution is 0.102. The van der Waals surface area contributed by atoms with Crippen LogP contribution in [0.2, 0.25) is 0 Å². The summed E-state index contributed by atoms with van der Waals surface area (Å²) in [5, 5.41) is 2.94. The number of hydrogen-bond donors (Lipinski definition) is 1. The van der Waals surface area contributed by atoms with E-state index in [9.17, 15) is 4.79 Å². The van der Waals surface area contributed by atoms with Crippen LogP contribution in [-0.2, 0) is 0 Å². The lowest BCUT2D eigenvalue weighted by Crippen LogP contribution is -2.21. The number of unbranched alkanes of at least 4 members (excludes halogenated alkanes) is 2. The van der Waals surface area contributed by atoms with Gasteiger partial charge < -0.3 is 15.0 Å². The number of ether oxygens (including phenoxy) is 1. The van der Waals surface area contributed by atoms with E-state index in [2.05, 4.69) is 31.0 Å². The minimum absolute atomic E-state index is 0.113. The molecule has 1 amide bonds. The van der Waals surface area contributed by atoms with Gasteiger partial charge in [-0.15, -0.1) is 0 Å². The van der Waals surface area contributed by atoms with Gasteiger partial charge in [0.2, 0.25) is 0 Å². The van der Waals surface area contributed by atoms with Crippen molar-refractivity contribution in [2.24, 2.45) is 0 Å². The third-order valence-corrected chi connectivity index (χ3v) is 4.39. The molecule has 0 unspecified atom stereocenters. The van der Waals surface area contributed by atoms with Gasteiger partial charge in [0, 0.05) is 30.0 Å². The number of hydrogen-bond acceptors (Lipinski definition) is 3. The highest BCUT2D eigenvalue weighted by Gasteiger charge is 2.07. The third kappa shape index (κ3) is 5.80. The lowest BCUT2D eigenvalue weighted by Gasteiger charge is -2.21. The van der Waals surface area contributed by atoms with Crippen LogP contribution in [0.4, 0.5) is 11.4 Å². The molecule has 2 aromatic carbocycles. The summed E-state index contributed by atoms with van der Waals surface area (Å²) < 4.78 is 5.68. The predicted octanol–water partition coefficient (Wildman–Crippen LogP) is 5.35. The van der Waals surface area contributed by atoms with Gasteiger partial charge in [0.25, 0.3) is 5.91 Å².